The average Bonchev–Trinajstić information content (AvgIpc) is 3.34. The summed E-state index contributed by atoms with van der Waals surface area (Å²) in [6.07, 6.45) is 6.49. The fourth-order valence-electron chi connectivity index (χ4n) is 3.32. The number of nitrogens with one attached hydrogen (secondary N) is 1. The molecule has 3 heterocycles. The van der Waals surface area contributed by atoms with Crippen LogP contribution in [-0.2, 0) is 0 Å². The lowest BCUT2D eigenvalue weighted by atomic mass is 10.0. The van der Waals surface area contributed by atoms with Crippen molar-refractivity contribution < 1.29 is 9.18 Å². The van der Waals surface area contributed by atoms with E-state index in [-0.39, 0.29) is 17.8 Å². The molecule has 1 unspecified atom stereocenters. The van der Waals surface area contributed by atoms with Gasteiger partial charge in [0, 0.05) is 29.4 Å². The van der Waals surface area contributed by atoms with E-state index in [2.05, 4.69) is 9.97 Å². The van der Waals surface area contributed by atoms with Crippen LogP contribution in [0.15, 0.2) is 48.8 Å². The van der Waals surface area contributed by atoms with Gasteiger partial charge in [0.2, 0.25) is 0 Å². The summed E-state index contributed by atoms with van der Waals surface area (Å²) >= 11 is 1.34. The number of nitrogens with zero attached hydrogens (tertiary/aromatic N) is 2. The number of imidazole rings is 1. The minimum absolute atomic E-state index is 0.00584. The number of carbonyl (C=O) groups excluding carboxylic acids is 1. The van der Waals surface area contributed by atoms with E-state index in [4.69, 9.17) is 0 Å². The Hall–Kier alpha value is -2.47. The summed E-state index contributed by atoms with van der Waals surface area (Å²) in [5, 5.41) is 0. The standard InChI is InChI=1S/C19H18FN3OS/c20-14-6-2-1-5-13(14)16-8-9-17(25-16)19(24)23-12-4-3-7-15(23)18-21-10-11-22-18/h1-2,5-6,8-11,15H,3-4,7,12H2,(H,21,22). The molecule has 0 radical (unpaired) electrons. The third-order valence-corrected chi connectivity index (χ3v) is 5.66. The summed E-state index contributed by atoms with van der Waals surface area (Å²) < 4.78 is 14.0. The Kier molecular flexibility index (Phi) is 4.36. The van der Waals surface area contributed by atoms with Crippen LogP contribution in [0.3, 0.4) is 0 Å². The molecular weight excluding hydrogens is 337 g/mol. The van der Waals surface area contributed by atoms with Crippen LogP contribution in [0.4, 0.5) is 4.39 Å². The van der Waals surface area contributed by atoms with E-state index in [9.17, 15) is 9.18 Å². The molecule has 4 rings (SSSR count). The molecule has 0 aliphatic carbocycles. The number of aromatic nitrogens is 2. The van der Waals surface area contributed by atoms with Gasteiger partial charge in [0.15, 0.2) is 0 Å². The van der Waals surface area contributed by atoms with Crippen LogP contribution < -0.4 is 0 Å². The van der Waals surface area contributed by atoms with E-state index in [0.29, 0.717) is 10.4 Å². The number of amides is 1. The molecule has 25 heavy (non-hydrogen) atoms. The van der Waals surface area contributed by atoms with Gasteiger partial charge in [-0.1, -0.05) is 18.2 Å². The summed E-state index contributed by atoms with van der Waals surface area (Å²) in [5.74, 6) is 0.558. The van der Waals surface area contributed by atoms with Crippen LogP contribution >= 0.6 is 11.3 Å². The number of hydrogen-bond acceptors (Lipinski definition) is 3. The van der Waals surface area contributed by atoms with Gasteiger partial charge < -0.3 is 9.88 Å². The molecule has 1 aliphatic rings. The van der Waals surface area contributed by atoms with E-state index in [1.165, 1.54) is 17.4 Å². The number of carbonyl (C=O) groups is 1. The van der Waals surface area contributed by atoms with Crippen molar-refractivity contribution in [2.45, 2.75) is 25.3 Å². The Bertz CT molecular complexity index is 874. The molecule has 0 saturated carbocycles. The second kappa shape index (κ2) is 6.80. The maximum atomic E-state index is 14.0. The zero-order chi connectivity index (χ0) is 17.2. The zero-order valence-corrected chi connectivity index (χ0v) is 14.4. The molecule has 3 aromatic rings. The Morgan fingerprint density at radius 1 is 1.24 bits per heavy atom. The SMILES string of the molecule is O=C(c1ccc(-c2ccccc2F)s1)N1CCCCC1c1ncc[nH]1. The second-order valence-corrected chi connectivity index (χ2v) is 7.21. The Labute approximate surface area is 149 Å². The molecule has 6 heteroatoms. The molecule has 1 fully saturated rings. The number of H-pyrrole nitrogens is 1. The average molecular weight is 355 g/mol. The van der Waals surface area contributed by atoms with E-state index < -0.39 is 0 Å². The number of benzene rings is 1. The molecule has 1 saturated heterocycles. The first-order chi connectivity index (χ1) is 12.2. The van der Waals surface area contributed by atoms with Gasteiger partial charge in [-0.05, 0) is 37.5 Å². The van der Waals surface area contributed by atoms with Crippen molar-refractivity contribution in [3.63, 3.8) is 0 Å². The summed E-state index contributed by atoms with van der Waals surface area (Å²) in [7, 11) is 0. The number of likely N-dealkylation sites (tertiary alicyclic amines) is 1. The largest absolute Gasteiger partial charge is 0.347 e. The monoisotopic (exact) mass is 355 g/mol. The quantitative estimate of drug-likeness (QED) is 0.744. The number of halogens is 1. The second-order valence-electron chi connectivity index (χ2n) is 6.13. The van der Waals surface area contributed by atoms with Gasteiger partial charge >= 0.3 is 0 Å². The maximum Gasteiger partial charge on any atom is 0.264 e. The minimum atomic E-state index is -0.269. The first-order valence-electron chi connectivity index (χ1n) is 8.39. The normalized spacial score (nSPS) is 17.6. The lowest BCUT2D eigenvalue weighted by molar-refractivity contribution is 0.0606. The van der Waals surface area contributed by atoms with Gasteiger partial charge in [-0.25, -0.2) is 9.37 Å². The highest BCUT2D eigenvalue weighted by Gasteiger charge is 2.31. The Balaban J connectivity index is 1.61. The van der Waals surface area contributed by atoms with Crippen LogP contribution in [0.1, 0.15) is 40.8 Å². The predicted octanol–water partition coefficient (Wildman–Crippen LogP) is 4.64. The highest BCUT2D eigenvalue weighted by molar-refractivity contribution is 7.17. The van der Waals surface area contributed by atoms with Gasteiger partial charge in [-0.2, -0.15) is 0 Å². The lowest BCUT2D eigenvalue weighted by Crippen LogP contribution is -2.38. The predicted molar refractivity (Wildman–Crippen MR) is 95.9 cm³/mol. The van der Waals surface area contributed by atoms with Gasteiger partial charge in [0.25, 0.3) is 5.91 Å². The Morgan fingerprint density at radius 2 is 2.12 bits per heavy atom. The van der Waals surface area contributed by atoms with Crippen molar-refractivity contribution in [1.29, 1.82) is 0 Å². The van der Waals surface area contributed by atoms with E-state index in [1.54, 1.807) is 36.7 Å². The summed E-state index contributed by atoms with van der Waals surface area (Å²) in [6.45, 7) is 0.719. The van der Waals surface area contributed by atoms with Crippen molar-refractivity contribution in [3.05, 3.63) is 65.3 Å². The van der Waals surface area contributed by atoms with Crippen molar-refractivity contribution >= 4 is 17.2 Å². The van der Waals surface area contributed by atoms with Crippen molar-refractivity contribution in [1.82, 2.24) is 14.9 Å². The number of piperidine rings is 1. The minimum Gasteiger partial charge on any atom is -0.347 e. The van der Waals surface area contributed by atoms with Crippen LogP contribution in [0.25, 0.3) is 10.4 Å². The molecule has 1 atom stereocenters. The van der Waals surface area contributed by atoms with Crippen LogP contribution in [0.2, 0.25) is 0 Å². The van der Waals surface area contributed by atoms with Crippen molar-refractivity contribution in [2.75, 3.05) is 6.54 Å². The molecule has 4 nitrogen and oxygen atoms in total. The molecule has 128 valence electrons. The third-order valence-electron chi connectivity index (χ3n) is 4.55. The summed E-state index contributed by atoms with van der Waals surface area (Å²) in [4.78, 5) is 23.8. The number of thiophene rings is 1. The number of aromatic amines is 1. The fourth-order valence-corrected chi connectivity index (χ4v) is 4.31. The smallest absolute Gasteiger partial charge is 0.264 e. The highest BCUT2D eigenvalue weighted by atomic mass is 32.1. The van der Waals surface area contributed by atoms with Gasteiger partial charge in [-0.15, -0.1) is 11.3 Å². The molecule has 1 amide bonds. The first kappa shape index (κ1) is 16.0. The van der Waals surface area contributed by atoms with E-state index in [0.717, 1.165) is 36.5 Å². The molecule has 1 aliphatic heterocycles. The first-order valence-corrected chi connectivity index (χ1v) is 9.20. The summed E-state index contributed by atoms with van der Waals surface area (Å²) in [5.41, 5.74) is 0.535. The topological polar surface area (TPSA) is 49.0 Å². The number of rotatable bonds is 3. The van der Waals surface area contributed by atoms with Crippen LogP contribution in [0.5, 0.6) is 0 Å². The van der Waals surface area contributed by atoms with Gasteiger partial charge in [0.05, 0.1) is 10.9 Å². The fraction of sp³-hybridized carbons (Fsp3) is 0.263. The molecule has 0 spiro atoms. The van der Waals surface area contributed by atoms with E-state index >= 15 is 0 Å². The van der Waals surface area contributed by atoms with Gasteiger partial charge in [-0.3, -0.25) is 4.79 Å². The third kappa shape index (κ3) is 3.09. The lowest BCUT2D eigenvalue weighted by Gasteiger charge is -2.34. The summed E-state index contributed by atoms with van der Waals surface area (Å²) in [6, 6.07) is 10.2. The van der Waals surface area contributed by atoms with Gasteiger partial charge in [0.1, 0.15) is 11.6 Å². The molecular formula is C19H18FN3OS. The van der Waals surface area contributed by atoms with Crippen molar-refractivity contribution in [3.8, 4) is 10.4 Å². The Morgan fingerprint density at radius 3 is 2.92 bits per heavy atom. The molecule has 1 aromatic carbocycles. The molecule has 1 N–H and O–H groups in total. The zero-order valence-electron chi connectivity index (χ0n) is 13.6. The van der Waals surface area contributed by atoms with E-state index in [1.807, 2.05) is 11.0 Å². The van der Waals surface area contributed by atoms with Crippen LogP contribution in [-0.4, -0.2) is 27.3 Å². The maximum absolute atomic E-state index is 14.0. The highest BCUT2D eigenvalue weighted by Crippen LogP contribution is 2.34. The van der Waals surface area contributed by atoms with Crippen LogP contribution in [0, 0.1) is 5.82 Å². The number of hydrogen-bond donors (Lipinski definition) is 1. The molecule has 2 aromatic heterocycles. The van der Waals surface area contributed by atoms with Crippen molar-refractivity contribution in [2.24, 2.45) is 0 Å². The molecule has 0 bridgehead atoms.